The van der Waals surface area contributed by atoms with Gasteiger partial charge in [-0.15, -0.1) is 0 Å². The third-order valence-corrected chi connectivity index (χ3v) is 15.7. The first kappa shape index (κ1) is 47.0. The number of aliphatic carboxylic acids is 1. The summed E-state index contributed by atoms with van der Waals surface area (Å²) >= 11 is 0. The van der Waals surface area contributed by atoms with Crippen molar-refractivity contribution >= 4 is 11.9 Å². The molecule has 0 saturated heterocycles. The molecule has 15 heteroatoms. The van der Waals surface area contributed by atoms with Gasteiger partial charge in [0.2, 0.25) is 0 Å². The van der Waals surface area contributed by atoms with Crippen molar-refractivity contribution in [2.24, 2.45) is 10.8 Å². The predicted molar refractivity (Wildman–Crippen MR) is 245 cm³/mol. The minimum atomic E-state index is -0.890. The number of benzene rings is 2. The summed E-state index contributed by atoms with van der Waals surface area (Å²) in [6.45, 7) is 16.4. The first-order chi connectivity index (χ1) is 32.0. The highest BCUT2D eigenvalue weighted by Gasteiger charge is 2.62. The molecule has 4 heterocycles. The maximum Gasteiger partial charge on any atom is 0.306 e. The molecule has 0 amide bonds. The molecule has 2 fully saturated rings. The van der Waals surface area contributed by atoms with Crippen LogP contribution in [0.5, 0.6) is 11.5 Å². The maximum absolute atomic E-state index is 11.7. The summed E-state index contributed by atoms with van der Waals surface area (Å²) < 4.78 is 20.7. The number of aliphatic hydroxyl groups is 1. The van der Waals surface area contributed by atoms with Gasteiger partial charge in [0.25, 0.3) is 0 Å². The van der Waals surface area contributed by atoms with Crippen LogP contribution in [0.15, 0.2) is 94.6 Å². The van der Waals surface area contributed by atoms with Gasteiger partial charge in [-0.05, 0) is 78.8 Å². The Labute approximate surface area is 390 Å². The smallest absolute Gasteiger partial charge is 0.306 e. The summed E-state index contributed by atoms with van der Waals surface area (Å²) in [6.07, 6.45) is 11.4. The number of nitrogens with zero attached hydrogens (tertiary/aromatic N) is 6. The summed E-state index contributed by atoms with van der Waals surface area (Å²) in [7, 11) is 0. The van der Waals surface area contributed by atoms with Crippen molar-refractivity contribution in [3.63, 3.8) is 0 Å². The van der Waals surface area contributed by atoms with E-state index in [0.717, 1.165) is 40.3 Å². The summed E-state index contributed by atoms with van der Waals surface area (Å²) in [4.78, 5) is 41.8. The van der Waals surface area contributed by atoms with Crippen molar-refractivity contribution in [2.45, 2.75) is 135 Å². The molecule has 6 aromatic rings. The second-order valence-electron chi connectivity index (χ2n) is 19.6. The molecular weight excluding hydrogens is 853 g/mol. The van der Waals surface area contributed by atoms with E-state index < -0.39 is 5.97 Å². The lowest BCUT2D eigenvalue weighted by Gasteiger charge is -2.34. The van der Waals surface area contributed by atoms with Gasteiger partial charge in [0, 0.05) is 46.6 Å². The Bertz CT molecular complexity index is 2670. The zero-order valence-electron chi connectivity index (χ0n) is 39.2. The third-order valence-electron chi connectivity index (χ3n) is 15.7. The normalized spacial score (nSPS) is 22.9. The van der Waals surface area contributed by atoms with Crippen molar-refractivity contribution in [3.05, 3.63) is 142 Å². The molecule has 0 aliphatic heterocycles. The summed E-state index contributed by atoms with van der Waals surface area (Å²) in [5, 5.41) is 35.5. The van der Waals surface area contributed by atoms with Crippen molar-refractivity contribution in [1.82, 2.24) is 30.2 Å². The molecule has 0 radical (unpaired) electrons. The number of carbonyl (C=O) groups excluding carboxylic acids is 1. The van der Waals surface area contributed by atoms with Crippen molar-refractivity contribution < 1.29 is 43.4 Å². The Kier molecular flexibility index (Phi) is 13.1. The van der Waals surface area contributed by atoms with E-state index in [1.165, 1.54) is 37.5 Å². The van der Waals surface area contributed by atoms with Gasteiger partial charge < -0.3 is 33.8 Å². The van der Waals surface area contributed by atoms with Gasteiger partial charge in [-0.25, -0.2) is 0 Å². The van der Waals surface area contributed by atoms with Gasteiger partial charge in [-0.2, -0.15) is 0 Å². The first-order valence-corrected chi connectivity index (χ1v) is 23.0. The van der Waals surface area contributed by atoms with E-state index in [1.54, 1.807) is 49.5 Å². The molecule has 15 nitrogen and oxygen atoms in total. The number of carboxylic acids is 1. The van der Waals surface area contributed by atoms with Crippen LogP contribution in [0.4, 0.5) is 0 Å². The second kappa shape index (κ2) is 18.7. The number of esters is 1. The number of aromatic nitrogens is 6. The lowest BCUT2D eigenvalue weighted by atomic mass is 9.70. The number of fused-ring (bicyclic) bond motifs is 10. The summed E-state index contributed by atoms with van der Waals surface area (Å²) in [5.41, 5.74) is 9.76. The molecule has 67 heavy (non-hydrogen) atoms. The van der Waals surface area contributed by atoms with Crippen LogP contribution in [0.1, 0.15) is 167 Å². The number of phenolic OH excluding ortho intramolecular Hbond substituents is 1. The van der Waals surface area contributed by atoms with Crippen molar-refractivity contribution in [3.8, 4) is 11.5 Å². The highest BCUT2D eigenvalue weighted by atomic mass is 16.5. The van der Waals surface area contributed by atoms with E-state index in [1.807, 2.05) is 30.5 Å². The SMILES string of the molecule is CC12CCC(c3ncc(CO)nc31)C2(C)C.CC12CCC(c3ncc(COc4ccc([C@H](CC(=O)O)c5ccon5)cc4)nc31)C2(C)C.CCOC(=O)C[C@@H](c1ccc(O)cc1)c1ccon1. The first-order valence-electron chi connectivity index (χ1n) is 23.0. The highest BCUT2D eigenvalue weighted by molar-refractivity contribution is 5.71. The standard InChI is InChI=1S/C25H27N3O4.C14H15NO4.C13H18N2O/c1-24(2)19-8-10-25(24,3)23-22(19)26-13-16(27-23)14-31-17-6-4-15(5-7-17)18(12-21(29)30)20-9-11-32-28-20;1-2-18-14(17)9-12(13-7-8-19-15-13)10-3-5-11(16)6-4-10;1-12(2)9-4-5-13(12,3)11-10(9)14-6-8(7-16)15-11/h4-7,9,11,13,18-19H,8,10,12,14H2,1-3H3,(H,29,30);3-8,12,16H,2,9H2,1H3;6,9,16H,4-5,7H2,1-3H3/t18-,19?,25?;12-;/m00./s1. The maximum atomic E-state index is 11.7. The van der Waals surface area contributed by atoms with Crippen molar-refractivity contribution in [1.29, 1.82) is 0 Å². The van der Waals surface area contributed by atoms with Gasteiger partial charge in [-0.3, -0.25) is 29.5 Å². The highest BCUT2D eigenvalue weighted by Crippen LogP contribution is 2.67. The lowest BCUT2D eigenvalue weighted by Crippen LogP contribution is -2.32. The van der Waals surface area contributed by atoms with Crippen LogP contribution in [0.25, 0.3) is 0 Å². The van der Waals surface area contributed by atoms with Crippen LogP contribution in [0, 0.1) is 10.8 Å². The molecule has 2 aromatic carbocycles. The molecule has 4 aliphatic rings. The van der Waals surface area contributed by atoms with Gasteiger partial charge in [-0.1, -0.05) is 76.1 Å². The number of hydrogen-bond acceptors (Lipinski definition) is 14. The molecule has 10 rings (SSSR count). The third kappa shape index (κ3) is 8.81. The fourth-order valence-corrected chi connectivity index (χ4v) is 11.0. The summed E-state index contributed by atoms with van der Waals surface area (Å²) in [6, 6.07) is 17.5. The molecular formula is C52H60N6O9. The molecule has 4 aromatic heterocycles. The Morgan fingerprint density at radius 3 is 1.69 bits per heavy atom. The van der Waals surface area contributed by atoms with E-state index in [0.29, 0.717) is 47.9 Å². The molecule has 0 spiro atoms. The number of phenols is 1. The lowest BCUT2D eigenvalue weighted by molar-refractivity contribution is -0.143. The van der Waals surface area contributed by atoms with E-state index in [2.05, 4.69) is 61.8 Å². The van der Waals surface area contributed by atoms with E-state index in [-0.39, 0.29) is 64.7 Å². The van der Waals surface area contributed by atoms with E-state index in [4.69, 9.17) is 33.6 Å². The average molecular weight is 913 g/mol. The van der Waals surface area contributed by atoms with E-state index >= 15 is 0 Å². The Hall–Kier alpha value is -6.48. The molecule has 4 aliphatic carbocycles. The summed E-state index contributed by atoms with van der Waals surface area (Å²) in [5.74, 6) is 0.120. The minimum Gasteiger partial charge on any atom is -0.508 e. The molecule has 2 saturated carbocycles. The fourth-order valence-electron chi connectivity index (χ4n) is 11.0. The second-order valence-corrected chi connectivity index (χ2v) is 19.6. The monoisotopic (exact) mass is 912 g/mol. The zero-order chi connectivity index (χ0) is 47.7. The van der Waals surface area contributed by atoms with Gasteiger partial charge >= 0.3 is 11.9 Å². The number of hydrogen-bond donors (Lipinski definition) is 3. The fraction of sp³-hybridized carbons (Fsp3) is 0.462. The zero-order valence-corrected chi connectivity index (χ0v) is 39.2. The molecule has 4 unspecified atom stereocenters. The number of carboxylic acid groups (broad SMARTS) is 1. The number of aliphatic hydroxyl groups excluding tert-OH is 1. The van der Waals surface area contributed by atoms with Gasteiger partial charge in [0.15, 0.2) is 0 Å². The number of carbonyl (C=O) groups is 2. The minimum absolute atomic E-state index is 0.0124. The Morgan fingerprint density at radius 1 is 0.716 bits per heavy atom. The van der Waals surface area contributed by atoms with Gasteiger partial charge in [0.05, 0.1) is 84.0 Å². The Balaban J connectivity index is 0.000000148. The molecule has 352 valence electrons. The van der Waals surface area contributed by atoms with Crippen LogP contribution in [-0.4, -0.2) is 64.1 Å². The predicted octanol–water partition coefficient (Wildman–Crippen LogP) is 9.43. The van der Waals surface area contributed by atoms with Crippen LogP contribution in [0.3, 0.4) is 0 Å². The van der Waals surface area contributed by atoms with Crippen LogP contribution >= 0.6 is 0 Å². The average Bonchev–Trinajstić information content (AvgIpc) is 4.17. The number of ether oxygens (including phenoxy) is 2. The number of rotatable bonds is 13. The Morgan fingerprint density at radius 2 is 1.21 bits per heavy atom. The molecule has 3 N–H and O–H groups in total. The van der Waals surface area contributed by atoms with Crippen molar-refractivity contribution in [2.75, 3.05) is 6.61 Å². The molecule has 4 bridgehead atoms. The largest absolute Gasteiger partial charge is 0.508 e. The topological polar surface area (TPSA) is 217 Å². The van der Waals surface area contributed by atoms with E-state index in [9.17, 15) is 19.8 Å². The quantitative estimate of drug-likeness (QED) is 0.0920. The molecule has 6 atom stereocenters. The van der Waals surface area contributed by atoms with Gasteiger partial charge in [0.1, 0.15) is 30.6 Å². The van der Waals surface area contributed by atoms with Crippen LogP contribution < -0.4 is 4.74 Å². The van der Waals surface area contributed by atoms with Crippen LogP contribution in [-0.2, 0) is 38.4 Å². The van der Waals surface area contributed by atoms with Crippen LogP contribution in [0.2, 0.25) is 0 Å². The number of aromatic hydroxyl groups is 1.